The molecule has 1 saturated carbocycles. The van der Waals surface area contributed by atoms with Crippen LogP contribution in [0.15, 0.2) is 42.1 Å². The molecule has 0 saturated heterocycles. The van der Waals surface area contributed by atoms with Gasteiger partial charge in [0.25, 0.3) is 0 Å². The van der Waals surface area contributed by atoms with Crippen LogP contribution in [0.2, 0.25) is 0 Å². The third kappa shape index (κ3) is 4.72. The predicted molar refractivity (Wildman–Crippen MR) is 102 cm³/mol. The monoisotopic (exact) mass is 371 g/mol. The maximum absolute atomic E-state index is 12.2. The molecular weight excluding hydrogens is 350 g/mol. The molecule has 3 rings (SSSR count). The zero-order valence-electron chi connectivity index (χ0n) is 14.6. The molecule has 2 N–H and O–H groups in total. The highest BCUT2D eigenvalue weighted by molar-refractivity contribution is 7.99. The smallest absolute Gasteiger partial charge is 0.234 e. The van der Waals surface area contributed by atoms with Crippen LogP contribution in [0.5, 0.6) is 0 Å². The number of nitrogens with one attached hydrogen (secondary N) is 2. The van der Waals surface area contributed by atoms with Crippen molar-refractivity contribution >= 4 is 35.0 Å². The van der Waals surface area contributed by atoms with E-state index in [4.69, 9.17) is 0 Å². The largest absolute Gasteiger partial charge is 0.326 e. The molecule has 7 nitrogen and oxygen atoms in total. The molecule has 0 unspecified atom stereocenters. The van der Waals surface area contributed by atoms with Gasteiger partial charge in [-0.25, -0.2) is 0 Å². The minimum Gasteiger partial charge on any atom is -0.326 e. The molecule has 8 heteroatoms. The van der Waals surface area contributed by atoms with Crippen molar-refractivity contribution in [3.05, 3.63) is 42.7 Å². The van der Waals surface area contributed by atoms with Crippen molar-refractivity contribution in [2.45, 2.75) is 37.4 Å². The Kier molecular flexibility index (Phi) is 5.72. The van der Waals surface area contributed by atoms with Gasteiger partial charge in [-0.1, -0.05) is 17.8 Å². The normalized spacial score (nSPS) is 13.3. The lowest BCUT2D eigenvalue weighted by Crippen LogP contribution is -2.15. The van der Waals surface area contributed by atoms with Crippen molar-refractivity contribution in [2.75, 3.05) is 16.4 Å². The summed E-state index contributed by atoms with van der Waals surface area (Å²) in [6.45, 7) is 5.88. The Morgan fingerprint density at radius 1 is 1.23 bits per heavy atom. The minimum absolute atomic E-state index is 0.122. The molecule has 136 valence electrons. The van der Waals surface area contributed by atoms with Gasteiger partial charge in [0.2, 0.25) is 11.8 Å². The summed E-state index contributed by atoms with van der Waals surface area (Å²) in [4.78, 5) is 23.2. The van der Waals surface area contributed by atoms with Crippen molar-refractivity contribution in [3.8, 4) is 0 Å². The molecular formula is C18H21N5O2S. The Morgan fingerprint density at radius 3 is 2.46 bits per heavy atom. The minimum atomic E-state index is -0.132. The Labute approximate surface area is 156 Å². The van der Waals surface area contributed by atoms with Gasteiger partial charge in [-0.3, -0.25) is 9.59 Å². The van der Waals surface area contributed by atoms with E-state index in [1.807, 2.05) is 10.6 Å². The highest BCUT2D eigenvalue weighted by atomic mass is 32.2. The number of amides is 2. The standard InChI is InChI=1S/C18H21N5O2S/c1-3-10-23-17(13-4-5-13)21-22-18(23)26-11-16(25)20-15-8-6-14(7-9-15)19-12(2)24/h3,6-9,13H,1,4-5,10-11H2,2H3,(H,19,24)(H,20,25). The predicted octanol–water partition coefficient (Wildman–Crippen LogP) is 3.03. The maximum Gasteiger partial charge on any atom is 0.234 e. The fourth-order valence-electron chi connectivity index (χ4n) is 2.52. The van der Waals surface area contributed by atoms with Crippen LogP contribution in [0.3, 0.4) is 0 Å². The second-order valence-electron chi connectivity index (χ2n) is 6.11. The summed E-state index contributed by atoms with van der Waals surface area (Å²) in [6.07, 6.45) is 4.11. The summed E-state index contributed by atoms with van der Waals surface area (Å²) in [7, 11) is 0. The van der Waals surface area contributed by atoms with Crippen LogP contribution in [0, 0.1) is 0 Å². The second kappa shape index (κ2) is 8.18. The molecule has 1 fully saturated rings. The number of thioether (sulfide) groups is 1. The van der Waals surface area contributed by atoms with Gasteiger partial charge in [-0.15, -0.1) is 16.8 Å². The van der Waals surface area contributed by atoms with Gasteiger partial charge in [0.1, 0.15) is 5.82 Å². The van der Waals surface area contributed by atoms with E-state index in [9.17, 15) is 9.59 Å². The lowest BCUT2D eigenvalue weighted by atomic mass is 10.3. The molecule has 0 radical (unpaired) electrons. The number of hydrogen-bond donors (Lipinski definition) is 2. The zero-order chi connectivity index (χ0) is 18.5. The third-order valence-corrected chi connectivity index (χ3v) is 4.79. The van der Waals surface area contributed by atoms with Crippen molar-refractivity contribution in [1.29, 1.82) is 0 Å². The van der Waals surface area contributed by atoms with E-state index >= 15 is 0 Å². The number of carbonyl (C=O) groups excluding carboxylic acids is 2. The molecule has 1 aromatic carbocycles. The summed E-state index contributed by atoms with van der Waals surface area (Å²) in [6, 6.07) is 6.98. The molecule has 1 heterocycles. The Bertz CT molecular complexity index is 811. The summed E-state index contributed by atoms with van der Waals surface area (Å²) in [5.41, 5.74) is 1.37. The first-order valence-corrected chi connectivity index (χ1v) is 9.39. The molecule has 0 atom stereocenters. The van der Waals surface area contributed by atoms with E-state index in [0.29, 0.717) is 23.8 Å². The molecule has 0 spiro atoms. The number of nitrogens with zero attached hydrogens (tertiary/aromatic N) is 3. The molecule has 0 aliphatic heterocycles. The number of benzene rings is 1. The fourth-order valence-corrected chi connectivity index (χ4v) is 3.27. The first kappa shape index (κ1) is 18.2. The van der Waals surface area contributed by atoms with Crippen LogP contribution in [0.1, 0.15) is 31.5 Å². The molecule has 2 amide bonds. The van der Waals surface area contributed by atoms with Crippen molar-refractivity contribution in [1.82, 2.24) is 14.8 Å². The van der Waals surface area contributed by atoms with Gasteiger partial charge in [0.15, 0.2) is 5.16 Å². The molecule has 1 aliphatic carbocycles. The Balaban J connectivity index is 1.55. The van der Waals surface area contributed by atoms with E-state index in [0.717, 1.165) is 23.8 Å². The average molecular weight is 371 g/mol. The van der Waals surface area contributed by atoms with E-state index in [1.54, 1.807) is 24.3 Å². The molecule has 1 aliphatic rings. The maximum atomic E-state index is 12.2. The molecule has 26 heavy (non-hydrogen) atoms. The highest BCUT2D eigenvalue weighted by Gasteiger charge is 2.30. The number of allylic oxidation sites excluding steroid dienone is 1. The van der Waals surface area contributed by atoms with Crippen LogP contribution < -0.4 is 10.6 Å². The number of carbonyl (C=O) groups is 2. The van der Waals surface area contributed by atoms with Crippen LogP contribution in [-0.4, -0.2) is 32.3 Å². The van der Waals surface area contributed by atoms with E-state index < -0.39 is 0 Å². The SMILES string of the molecule is C=CCn1c(SCC(=O)Nc2ccc(NC(C)=O)cc2)nnc1C1CC1. The van der Waals surface area contributed by atoms with E-state index in [2.05, 4.69) is 27.4 Å². The first-order valence-electron chi connectivity index (χ1n) is 8.41. The Hall–Kier alpha value is -2.61. The first-order chi connectivity index (χ1) is 12.6. The van der Waals surface area contributed by atoms with E-state index in [1.165, 1.54) is 18.7 Å². The van der Waals surface area contributed by atoms with Crippen LogP contribution in [0.4, 0.5) is 11.4 Å². The number of anilines is 2. The number of hydrogen-bond acceptors (Lipinski definition) is 5. The van der Waals surface area contributed by atoms with Gasteiger partial charge in [0, 0.05) is 30.8 Å². The molecule has 1 aromatic heterocycles. The summed E-state index contributed by atoms with van der Waals surface area (Å²) < 4.78 is 2.03. The summed E-state index contributed by atoms with van der Waals surface area (Å²) in [5.74, 6) is 1.47. The second-order valence-corrected chi connectivity index (χ2v) is 7.05. The van der Waals surface area contributed by atoms with E-state index in [-0.39, 0.29) is 17.6 Å². The average Bonchev–Trinajstić information content (AvgIpc) is 3.37. The van der Waals surface area contributed by atoms with Crippen LogP contribution in [0.25, 0.3) is 0 Å². The third-order valence-electron chi connectivity index (χ3n) is 3.82. The van der Waals surface area contributed by atoms with Gasteiger partial charge in [-0.2, -0.15) is 0 Å². The van der Waals surface area contributed by atoms with Crippen molar-refractivity contribution < 1.29 is 9.59 Å². The molecule has 0 bridgehead atoms. The van der Waals surface area contributed by atoms with Crippen LogP contribution in [-0.2, 0) is 16.1 Å². The molecule has 2 aromatic rings. The lowest BCUT2D eigenvalue weighted by Gasteiger charge is -2.08. The number of rotatable bonds is 8. The van der Waals surface area contributed by atoms with Crippen LogP contribution >= 0.6 is 11.8 Å². The van der Waals surface area contributed by atoms with Gasteiger partial charge in [-0.05, 0) is 37.1 Å². The number of aromatic nitrogens is 3. The summed E-state index contributed by atoms with van der Waals surface area (Å²) >= 11 is 1.36. The Morgan fingerprint density at radius 2 is 1.88 bits per heavy atom. The van der Waals surface area contributed by atoms with Gasteiger partial charge >= 0.3 is 0 Å². The lowest BCUT2D eigenvalue weighted by molar-refractivity contribution is -0.114. The topological polar surface area (TPSA) is 88.9 Å². The van der Waals surface area contributed by atoms with Gasteiger partial charge in [0.05, 0.1) is 5.75 Å². The highest BCUT2D eigenvalue weighted by Crippen LogP contribution is 2.40. The van der Waals surface area contributed by atoms with Gasteiger partial charge < -0.3 is 15.2 Å². The van der Waals surface area contributed by atoms with Crippen molar-refractivity contribution in [3.63, 3.8) is 0 Å². The fraction of sp³-hybridized carbons (Fsp3) is 0.333. The summed E-state index contributed by atoms with van der Waals surface area (Å²) in [5, 5.41) is 14.8. The zero-order valence-corrected chi connectivity index (χ0v) is 15.4. The quantitative estimate of drug-likeness (QED) is 0.550. The van der Waals surface area contributed by atoms with Crippen molar-refractivity contribution in [2.24, 2.45) is 0 Å².